The molecule has 0 saturated heterocycles. The van der Waals surface area contributed by atoms with E-state index in [0.29, 0.717) is 23.0 Å². The zero-order chi connectivity index (χ0) is 20.0. The predicted octanol–water partition coefficient (Wildman–Crippen LogP) is 5.49. The molecule has 2 aromatic carbocycles. The molecule has 0 spiro atoms. The molecule has 0 radical (unpaired) electrons. The molecule has 0 atom stereocenters. The van der Waals surface area contributed by atoms with Crippen LogP contribution in [0.25, 0.3) is 16.8 Å². The molecule has 2 aromatic heterocycles. The van der Waals surface area contributed by atoms with E-state index in [1.54, 1.807) is 31.3 Å². The van der Waals surface area contributed by atoms with Crippen molar-refractivity contribution in [2.24, 2.45) is 0 Å². The summed E-state index contributed by atoms with van der Waals surface area (Å²) in [5.74, 6) is 2.39. The van der Waals surface area contributed by atoms with E-state index in [-0.39, 0.29) is 11.6 Å². The summed E-state index contributed by atoms with van der Waals surface area (Å²) in [6.07, 6.45) is 7.17. The molecular formula is C23H21FN4O. The van der Waals surface area contributed by atoms with Gasteiger partial charge in [0.25, 0.3) is 0 Å². The number of benzene rings is 2. The van der Waals surface area contributed by atoms with E-state index in [0.717, 1.165) is 35.4 Å². The zero-order valence-corrected chi connectivity index (χ0v) is 16.1. The lowest BCUT2D eigenvalue weighted by Crippen LogP contribution is -2.12. The predicted molar refractivity (Wildman–Crippen MR) is 111 cm³/mol. The topological polar surface area (TPSA) is 65.4 Å². The van der Waals surface area contributed by atoms with E-state index in [9.17, 15) is 4.39 Å². The number of halogens is 1. The number of aromatic nitrogens is 3. The number of hydrogen-bond acceptors (Lipinski definition) is 4. The first-order chi connectivity index (χ1) is 14.1. The van der Waals surface area contributed by atoms with Gasteiger partial charge in [0, 0.05) is 23.9 Å². The molecule has 1 saturated carbocycles. The van der Waals surface area contributed by atoms with Crippen LogP contribution in [0.15, 0.2) is 54.9 Å². The van der Waals surface area contributed by atoms with Crippen LogP contribution in [-0.2, 0) is 0 Å². The molecular weight excluding hydrogens is 367 g/mol. The van der Waals surface area contributed by atoms with Crippen LogP contribution in [-0.4, -0.2) is 14.4 Å². The molecule has 5 rings (SSSR count). The summed E-state index contributed by atoms with van der Waals surface area (Å²) in [5, 5.41) is 0. The highest BCUT2D eigenvalue weighted by Crippen LogP contribution is 2.39. The first kappa shape index (κ1) is 17.7. The maximum atomic E-state index is 14.2. The van der Waals surface area contributed by atoms with Gasteiger partial charge >= 0.3 is 0 Å². The number of nitrogens with two attached hydrogens (primary N) is 1. The quantitative estimate of drug-likeness (QED) is 0.502. The van der Waals surface area contributed by atoms with Crippen LogP contribution in [0.4, 0.5) is 10.2 Å². The minimum Gasteiger partial charge on any atom is -0.454 e. The molecule has 6 heteroatoms. The second-order valence-electron chi connectivity index (χ2n) is 7.49. The summed E-state index contributed by atoms with van der Waals surface area (Å²) >= 11 is 0. The van der Waals surface area contributed by atoms with Crippen LogP contribution in [0.5, 0.6) is 11.5 Å². The summed E-state index contributed by atoms with van der Waals surface area (Å²) in [7, 11) is 0. The fourth-order valence-corrected chi connectivity index (χ4v) is 3.75. The number of aryl methyl sites for hydroxylation is 1. The van der Waals surface area contributed by atoms with Gasteiger partial charge in [-0.05, 0) is 55.7 Å². The van der Waals surface area contributed by atoms with Gasteiger partial charge in [-0.3, -0.25) is 4.40 Å². The summed E-state index contributed by atoms with van der Waals surface area (Å²) in [4.78, 5) is 9.18. The van der Waals surface area contributed by atoms with Gasteiger partial charge in [0.15, 0.2) is 11.6 Å². The Morgan fingerprint density at radius 3 is 2.66 bits per heavy atom. The molecule has 1 fully saturated rings. The van der Waals surface area contributed by atoms with E-state index in [2.05, 4.69) is 9.38 Å². The first-order valence-electron chi connectivity index (χ1n) is 9.77. The minimum absolute atomic E-state index is 0.214. The third kappa shape index (κ3) is 3.01. The molecule has 0 unspecified atom stereocenters. The van der Waals surface area contributed by atoms with Gasteiger partial charge in [0.05, 0.1) is 0 Å². The number of ether oxygens (including phenoxy) is 1. The van der Waals surface area contributed by atoms with E-state index in [1.807, 2.05) is 30.5 Å². The number of fused-ring (bicyclic) bond motifs is 1. The Morgan fingerprint density at radius 2 is 1.93 bits per heavy atom. The SMILES string of the molecule is Cc1cccc(Oc2ccc(-c3nc(C4CCC4)n4ccnc(N)c34)cc2)c1F. The molecule has 2 N–H and O–H groups in total. The van der Waals surface area contributed by atoms with Gasteiger partial charge in [-0.1, -0.05) is 18.6 Å². The Bertz CT molecular complexity index is 1200. The summed E-state index contributed by atoms with van der Waals surface area (Å²) < 4.78 is 22.0. The van der Waals surface area contributed by atoms with Gasteiger partial charge < -0.3 is 10.5 Å². The average Bonchev–Trinajstić information content (AvgIpc) is 3.05. The van der Waals surface area contributed by atoms with Gasteiger partial charge in [0.2, 0.25) is 0 Å². The van der Waals surface area contributed by atoms with E-state index < -0.39 is 0 Å². The molecule has 2 heterocycles. The number of rotatable bonds is 4. The van der Waals surface area contributed by atoms with Crippen LogP contribution in [0.1, 0.15) is 36.6 Å². The van der Waals surface area contributed by atoms with Crippen molar-refractivity contribution in [3.8, 4) is 22.8 Å². The molecule has 0 aliphatic heterocycles. The number of nitrogen functional groups attached to an aromatic ring is 1. The molecule has 29 heavy (non-hydrogen) atoms. The highest BCUT2D eigenvalue weighted by Gasteiger charge is 2.26. The largest absolute Gasteiger partial charge is 0.454 e. The van der Waals surface area contributed by atoms with Crippen molar-refractivity contribution in [2.75, 3.05) is 5.73 Å². The van der Waals surface area contributed by atoms with Crippen molar-refractivity contribution in [1.82, 2.24) is 14.4 Å². The third-order valence-electron chi connectivity index (χ3n) is 5.59. The zero-order valence-electron chi connectivity index (χ0n) is 16.1. The molecule has 4 aromatic rings. The third-order valence-corrected chi connectivity index (χ3v) is 5.59. The van der Waals surface area contributed by atoms with Crippen molar-refractivity contribution in [3.63, 3.8) is 0 Å². The van der Waals surface area contributed by atoms with Gasteiger partial charge in [-0.2, -0.15) is 0 Å². The average molecular weight is 388 g/mol. The van der Waals surface area contributed by atoms with Crippen LogP contribution in [0, 0.1) is 12.7 Å². The van der Waals surface area contributed by atoms with Crippen molar-refractivity contribution in [2.45, 2.75) is 32.1 Å². The Kier molecular flexibility index (Phi) is 4.19. The van der Waals surface area contributed by atoms with Crippen molar-refractivity contribution in [3.05, 3.63) is 72.1 Å². The standard InChI is InChI=1S/C23H21FN4O/c1-14-4-2-7-18(19(14)24)29-17-10-8-15(9-11-17)20-21-22(25)26-12-13-28(21)23(27-20)16-5-3-6-16/h2,4,7-13,16H,3,5-6H2,1H3,(H2,25,26). The maximum absolute atomic E-state index is 14.2. The monoisotopic (exact) mass is 388 g/mol. The molecule has 1 aliphatic rings. The molecule has 146 valence electrons. The van der Waals surface area contributed by atoms with Crippen LogP contribution < -0.4 is 10.5 Å². The molecule has 0 bridgehead atoms. The fourth-order valence-electron chi connectivity index (χ4n) is 3.75. The summed E-state index contributed by atoms with van der Waals surface area (Å²) in [6.45, 7) is 1.72. The van der Waals surface area contributed by atoms with Gasteiger partial charge in [0.1, 0.15) is 28.6 Å². The van der Waals surface area contributed by atoms with Crippen LogP contribution in [0.2, 0.25) is 0 Å². The number of imidazole rings is 1. The van der Waals surface area contributed by atoms with Crippen LogP contribution >= 0.6 is 0 Å². The number of hydrogen-bond donors (Lipinski definition) is 1. The van der Waals surface area contributed by atoms with E-state index in [4.69, 9.17) is 15.5 Å². The number of anilines is 1. The summed E-state index contributed by atoms with van der Waals surface area (Å²) in [6, 6.07) is 12.6. The second-order valence-corrected chi connectivity index (χ2v) is 7.49. The van der Waals surface area contributed by atoms with E-state index >= 15 is 0 Å². The van der Waals surface area contributed by atoms with E-state index in [1.165, 1.54) is 6.42 Å². The maximum Gasteiger partial charge on any atom is 0.168 e. The lowest BCUT2D eigenvalue weighted by Gasteiger charge is -2.23. The van der Waals surface area contributed by atoms with Crippen molar-refractivity contribution in [1.29, 1.82) is 0 Å². The second kappa shape index (κ2) is 6.88. The fraction of sp³-hybridized carbons (Fsp3) is 0.217. The number of nitrogens with zero attached hydrogens (tertiary/aromatic N) is 3. The Balaban J connectivity index is 1.52. The Morgan fingerprint density at radius 1 is 1.14 bits per heavy atom. The minimum atomic E-state index is -0.347. The van der Waals surface area contributed by atoms with Crippen LogP contribution in [0.3, 0.4) is 0 Å². The molecule has 1 aliphatic carbocycles. The Labute approximate surface area is 168 Å². The first-order valence-corrected chi connectivity index (χ1v) is 9.77. The lowest BCUT2D eigenvalue weighted by atomic mass is 9.85. The molecule has 5 nitrogen and oxygen atoms in total. The van der Waals surface area contributed by atoms with Gasteiger partial charge in [-0.25, -0.2) is 14.4 Å². The highest BCUT2D eigenvalue weighted by molar-refractivity contribution is 5.85. The highest BCUT2D eigenvalue weighted by atomic mass is 19.1. The van der Waals surface area contributed by atoms with Crippen molar-refractivity contribution >= 4 is 11.3 Å². The summed E-state index contributed by atoms with van der Waals surface area (Å²) in [5.41, 5.74) is 9.30. The smallest absolute Gasteiger partial charge is 0.168 e. The normalized spacial score (nSPS) is 14.1. The van der Waals surface area contributed by atoms with Crippen molar-refractivity contribution < 1.29 is 9.13 Å². The van der Waals surface area contributed by atoms with Gasteiger partial charge in [-0.15, -0.1) is 0 Å². The molecule has 0 amide bonds. The lowest BCUT2D eigenvalue weighted by molar-refractivity contribution is 0.400. The Hall–Kier alpha value is -3.41.